The van der Waals surface area contributed by atoms with Crippen LogP contribution >= 0.6 is 0 Å². The molecule has 0 atom stereocenters. The van der Waals surface area contributed by atoms with Crippen LogP contribution < -0.4 is 0 Å². The van der Waals surface area contributed by atoms with E-state index >= 15 is 0 Å². The number of methoxy groups -OCH3 is 1. The third-order valence-electron chi connectivity index (χ3n) is 1.59. The number of ether oxygens (including phenoxy) is 1. The van der Waals surface area contributed by atoms with Crippen LogP contribution in [0.2, 0.25) is 0 Å². The summed E-state index contributed by atoms with van der Waals surface area (Å²) in [7, 11) is 1.35. The van der Waals surface area contributed by atoms with Crippen molar-refractivity contribution in [3.8, 4) is 0 Å². The molecule has 1 aromatic rings. The number of nitrogens with zero attached hydrogens (tertiary/aromatic N) is 2. The first-order chi connectivity index (χ1) is 6.26. The normalized spacial score (nSPS) is 10.6. The molecule has 0 aromatic carbocycles. The minimum Gasteiger partial charge on any atom is -0.466 e. The molecule has 1 rings (SSSR count). The lowest BCUT2D eigenvalue weighted by Crippen LogP contribution is -1.93. The number of carbonyl (C=O) groups excluding carboxylic acids is 1. The molecule has 4 nitrogen and oxygen atoms in total. The lowest BCUT2D eigenvalue weighted by molar-refractivity contribution is -0.134. The Kier molecular flexibility index (Phi) is 3.25. The highest BCUT2D eigenvalue weighted by molar-refractivity contribution is 5.86. The number of esters is 1. The zero-order chi connectivity index (χ0) is 9.68. The Balaban J connectivity index is 2.63. The summed E-state index contributed by atoms with van der Waals surface area (Å²) in [6, 6.07) is 0. The average molecular weight is 180 g/mol. The average Bonchev–Trinajstić information content (AvgIpc) is 2.61. The molecule has 0 N–H and O–H groups in total. The van der Waals surface area contributed by atoms with E-state index in [0.29, 0.717) is 0 Å². The molecule has 0 radical (unpaired) electrons. The van der Waals surface area contributed by atoms with Crippen LogP contribution in [0.5, 0.6) is 0 Å². The molecule has 0 aliphatic rings. The first-order valence-electron chi connectivity index (χ1n) is 4.04. The van der Waals surface area contributed by atoms with Crippen molar-refractivity contribution >= 4 is 12.0 Å². The van der Waals surface area contributed by atoms with Crippen molar-refractivity contribution in [2.24, 2.45) is 0 Å². The molecule has 0 fully saturated rings. The van der Waals surface area contributed by atoms with Crippen molar-refractivity contribution in [3.05, 3.63) is 24.0 Å². The van der Waals surface area contributed by atoms with Crippen LogP contribution in [0.15, 0.2) is 18.5 Å². The highest BCUT2D eigenvalue weighted by atomic mass is 16.5. The minimum absolute atomic E-state index is 0.357. The quantitative estimate of drug-likeness (QED) is 0.516. The van der Waals surface area contributed by atoms with Crippen LogP contribution in [0.1, 0.15) is 12.5 Å². The summed E-state index contributed by atoms with van der Waals surface area (Å²) in [5, 5.41) is 4.05. The van der Waals surface area contributed by atoms with Gasteiger partial charge in [-0.25, -0.2) is 4.79 Å². The number of carbonyl (C=O) groups is 1. The van der Waals surface area contributed by atoms with Crippen LogP contribution in [0.3, 0.4) is 0 Å². The Morgan fingerprint density at radius 3 is 3.08 bits per heavy atom. The van der Waals surface area contributed by atoms with E-state index < -0.39 is 0 Å². The highest BCUT2D eigenvalue weighted by Gasteiger charge is 1.94. The van der Waals surface area contributed by atoms with E-state index in [1.807, 2.05) is 13.1 Å². The van der Waals surface area contributed by atoms with E-state index in [-0.39, 0.29) is 5.97 Å². The van der Waals surface area contributed by atoms with Crippen molar-refractivity contribution in [1.29, 1.82) is 0 Å². The van der Waals surface area contributed by atoms with E-state index in [0.717, 1.165) is 12.1 Å². The van der Waals surface area contributed by atoms with Gasteiger partial charge in [-0.3, -0.25) is 4.68 Å². The molecule has 0 saturated heterocycles. The lowest BCUT2D eigenvalue weighted by Gasteiger charge is -1.89. The van der Waals surface area contributed by atoms with E-state index in [2.05, 4.69) is 9.84 Å². The van der Waals surface area contributed by atoms with Gasteiger partial charge in [-0.2, -0.15) is 5.10 Å². The second-order valence-electron chi connectivity index (χ2n) is 2.49. The molecule has 0 bridgehead atoms. The summed E-state index contributed by atoms with van der Waals surface area (Å²) >= 11 is 0. The van der Waals surface area contributed by atoms with Gasteiger partial charge in [0.15, 0.2) is 0 Å². The van der Waals surface area contributed by atoms with Crippen molar-refractivity contribution in [1.82, 2.24) is 9.78 Å². The van der Waals surface area contributed by atoms with Crippen LogP contribution in [0.25, 0.3) is 6.08 Å². The molecule has 1 heterocycles. The number of rotatable bonds is 3. The Morgan fingerprint density at radius 1 is 1.77 bits per heavy atom. The standard InChI is InChI=1S/C9H12N2O2/c1-3-11-7-8(6-10-11)4-5-9(12)13-2/h4-7H,3H2,1-2H3/b5-4+. The fourth-order valence-electron chi connectivity index (χ4n) is 0.871. The summed E-state index contributed by atoms with van der Waals surface area (Å²) < 4.78 is 6.24. The largest absolute Gasteiger partial charge is 0.466 e. The molecular formula is C9H12N2O2. The summed E-state index contributed by atoms with van der Waals surface area (Å²) in [5.41, 5.74) is 0.896. The van der Waals surface area contributed by atoms with Crippen LogP contribution in [0, 0.1) is 0 Å². The fourth-order valence-corrected chi connectivity index (χ4v) is 0.871. The molecule has 13 heavy (non-hydrogen) atoms. The highest BCUT2D eigenvalue weighted by Crippen LogP contribution is 2.00. The molecule has 0 amide bonds. The Bertz CT molecular complexity index is 315. The smallest absolute Gasteiger partial charge is 0.330 e. The van der Waals surface area contributed by atoms with Gasteiger partial charge in [-0.1, -0.05) is 0 Å². The number of hydrogen-bond acceptors (Lipinski definition) is 3. The van der Waals surface area contributed by atoms with Gasteiger partial charge in [-0.15, -0.1) is 0 Å². The Hall–Kier alpha value is -1.58. The van der Waals surface area contributed by atoms with Crippen LogP contribution in [0.4, 0.5) is 0 Å². The first-order valence-corrected chi connectivity index (χ1v) is 4.04. The molecule has 0 aliphatic carbocycles. The summed E-state index contributed by atoms with van der Waals surface area (Å²) in [5.74, 6) is -0.357. The van der Waals surface area contributed by atoms with Crippen LogP contribution in [-0.2, 0) is 16.1 Å². The second-order valence-corrected chi connectivity index (χ2v) is 2.49. The number of aromatic nitrogens is 2. The van der Waals surface area contributed by atoms with Gasteiger partial charge in [0.05, 0.1) is 13.3 Å². The molecule has 0 unspecified atom stereocenters. The topological polar surface area (TPSA) is 44.1 Å². The van der Waals surface area contributed by atoms with Gasteiger partial charge < -0.3 is 4.74 Å². The van der Waals surface area contributed by atoms with Gasteiger partial charge in [0.25, 0.3) is 0 Å². The number of hydrogen-bond donors (Lipinski definition) is 0. The maximum Gasteiger partial charge on any atom is 0.330 e. The monoisotopic (exact) mass is 180 g/mol. The lowest BCUT2D eigenvalue weighted by atomic mass is 10.3. The van der Waals surface area contributed by atoms with Gasteiger partial charge in [0, 0.05) is 24.4 Å². The van der Waals surface area contributed by atoms with Crippen molar-refractivity contribution in [2.75, 3.05) is 7.11 Å². The van der Waals surface area contributed by atoms with Crippen LogP contribution in [-0.4, -0.2) is 22.9 Å². The van der Waals surface area contributed by atoms with Crippen molar-refractivity contribution in [2.45, 2.75) is 13.5 Å². The summed E-state index contributed by atoms with van der Waals surface area (Å²) in [6.07, 6.45) is 6.60. The Labute approximate surface area is 76.8 Å². The summed E-state index contributed by atoms with van der Waals surface area (Å²) in [6.45, 7) is 2.83. The van der Waals surface area contributed by atoms with E-state index in [9.17, 15) is 4.79 Å². The molecule has 0 aliphatic heterocycles. The van der Waals surface area contributed by atoms with Crippen molar-refractivity contribution < 1.29 is 9.53 Å². The SMILES string of the molecule is CCn1cc(/C=C/C(=O)OC)cn1. The van der Waals surface area contributed by atoms with Gasteiger partial charge in [0.1, 0.15) is 0 Å². The molecule has 1 aromatic heterocycles. The Morgan fingerprint density at radius 2 is 2.54 bits per heavy atom. The van der Waals surface area contributed by atoms with E-state index in [4.69, 9.17) is 0 Å². The van der Waals surface area contributed by atoms with Crippen molar-refractivity contribution in [3.63, 3.8) is 0 Å². The predicted molar refractivity (Wildman–Crippen MR) is 49.0 cm³/mol. The third kappa shape index (κ3) is 2.74. The third-order valence-corrected chi connectivity index (χ3v) is 1.59. The predicted octanol–water partition coefficient (Wildman–Crippen LogP) is 1.09. The molecular weight excluding hydrogens is 168 g/mol. The van der Waals surface area contributed by atoms with E-state index in [1.165, 1.54) is 13.2 Å². The van der Waals surface area contributed by atoms with Gasteiger partial charge >= 0.3 is 5.97 Å². The first kappa shape index (κ1) is 9.51. The number of aryl methyl sites for hydroxylation is 1. The molecule has 0 saturated carbocycles. The van der Waals surface area contributed by atoms with Gasteiger partial charge in [0.2, 0.25) is 0 Å². The second kappa shape index (κ2) is 4.45. The summed E-state index contributed by atoms with van der Waals surface area (Å²) in [4.78, 5) is 10.7. The molecule has 0 spiro atoms. The molecule has 4 heteroatoms. The maximum atomic E-state index is 10.7. The molecule has 70 valence electrons. The zero-order valence-corrected chi connectivity index (χ0v) is 7.73. The minimum atomic E-state index is -0.357. The maximum absolute atomic E-state index is 10.7. The van der Waals surface area contributed by atoms with E-state index in [1.54, 1.807) is 17.0 Å². The fraction of sp³-hybridized carbons (Fsp3) is 0.333. The van der Waals surface area contributed by atoms with Gasteiger partial charge in [-0.05, 0) is 13.0 Å². The zero-order valence-electron chi connectivity index (χ0n) is 7.73.